The minimum atomic E-state index is -3.34. The predicted octanol–water partition coefficient (Wildman–Crippen LogP) is 5.90. The average molecular weight is 395 g/mol. The van der Waals surface area contributed by atoms with Gasteiger partial charge < -0.3 is 9.05 Å². The van der Waals surface area contributed by atoms with Gasteiger partial charge in [0, 0.05) is 5.56 Å². The number of thioether (sulfide) groups is 1. The Hall–Kier alpha value is 0.0900. The smallest absolute Gasteiger partial charge is 0.304 e. The Labute approximate surface area is 150 Å². The summed E-state index contributed by atoms with van der Waals surface area (Å²) in [5, 5.41) is -0.0738. The maximum Gasteiger partial charge on any atom is 0.354 e. The summed E-state index contributed by atoms with van der Waals surface area (Å²) in [6.07, 6.45) is 1.40. The van der Waals surface area contributed by atoms with Gasteiger partial charge in [0.2, 0.25) is 5.12 Å². The summed E-state index contributed by atoms with van der Waals surface area (Å²) in [6.45, 7) is 7.28. The fourth-order valence-corrected chi connectivity index (χ4v) is 9.03. The quantitative estimate of drug-likeness (QED) is 0.294. The van der Waals surface area contributed by atoms with Gasteiger partial charge in [-0.15, -0.1) is 11.8 Å². The fraction of sp³-hybridized carbons (Fsp3) is 0.533. The van der Waals surface area contributed by atoms with Crippen molar-refractivity contribution in [3.05, 3.63) is 35.9 Å². The summed E-state index contributed by atoms with van der Waals surface area (Å²) in [7, 11) is -1.04. The Bertz CT molecular complexity index is 523. The van der Waals surface area contributed by atoms with Crippen LogP contribution in [0.5, 0.6) is 0 Å². The zero-order valence-electron chi connectivity index (χ0n) is 13.9. The van der Waals surface area contributed by atoms with Crippen LogP contribution in [0.15, 0.2) is 30.3 Å². The Morgan fingerprint density at radius 3 is 2.00 bits per heavy atom. The maximum atomic E-state index is 13.1. The van der Waals surface area contributed by atoms with Crippen LogP contribution in [0.1, 0.15) is 38.1 Å². The van der Waals surface area contributed by atoms with Crippen molar-refractivity contribution >= 4 is 46.1 Å². The first kappa shape index (κ1) is 21.1. The normalized spacial score (nSPS) is 13.5. The third-order valence-corrected chi connectivity index (χ3v) is 10.9. The van der Waals surface area contributed by atoms with Crippen LogP contribution in [0.25, 0.3) is 0 Å². The van der Waals surface area contributed by atoms with Gasteiger partial charge in [-0.2, -0.15) is 0 Å². The van der Waals surface area contributed by atoms with Crippen LogP contribution in [0.4, 0.5) is 0 Å². The standard InChI is InChI=1S/C15H23O4PS3/c1-11(2)18-20(17,19-12(3)4)15(21-5)23-22-14(16)13-9-7-6-8-10-13/h6-12,15H,1-5H3. The molecule has 0 bridgehead atoms. The highest BCUT2D eigenvalue weighted by Gasteiger charge is 2.39. The van der Waals surface area contributed by atoms with Crippen molar-refractivity contribution in [3.63, 3.8) is 0 Å². The number of carbonyl (C=O) groups is 1. The molecule has 0 saturated heterocycles. The predicted molar refractivity (Wildman–Crippen MR) is 103 cm³/mol. The van der Waals surface area contributed by atoms with Gasteiger partial charge >= 0.3 is 7.60 Å². The Morgan fingerprint density at radius 2 is 1.57 bits per heavy atom. The SMILES string of the molecule is CSC(SSC(=O)c1ccccc1)P(=O)(OC(C)C)OC(C)C. The fourth-order valence-electron chi connectivity index (χ4n) is 1.64. The van der Waals surface area contributed by atoms with Crippen molar-refractivity contribution in [2.75, 3.05) is 6.26 Å². The van der Waals surface area contributed by atoms with Crippen molar-refractivity contribution in [2.24, 2.45) is 0 Å². The van der Waals surface area contributed by atoms with Gasteiger partial charge in [-0.25, -0.2) is 0 Å². The summed E-state index contributed by atoms with van der Waals surface area (Å²) >= 11 is 1.37. The van der Waals surface area contributed by atoms with Gasteiger partial charge in [0.15, 0.2) is 4.32 Å². The van der Waals surface area contributed by atoms with Crippen LogP contribution in [0.2, 0.25) is 0 Å². The monoisotopic (exact) mass is 394 g/mol. The van der Waals surface area contributed by atoms with Gasteiger partial charge in [0.1, 0.15) is 0 Å². The molecule has 0 amide bonds. The molecule has 1 aromatic carbocycles. The number of rotatable bonds is 9. The summed E-state index contributed by atoms with van der Waals surface area (Å²) in [5.41, 5.74) is 0.620. The second-order valence-corrected chi connectivity index (χ2v) is 11.5. The number of carbonyl (C=O) groups excluding carboxylic acids is 1. The molecule has 0 aromatic heterocycles. The van der Waals surface area contributed by atoms with Crippen molar-refractivity contribution in [2.45, 2.75) is 44.2 Å². The molecule has 0 saturated carbocycles. The molecule has 1 unspecified atom stereocenters. The van der Waals surface area contributed by atoms with Crippen LogP contribution in [0.3, 0.4) is 0 Å². The van der Waals surface area contributed by atoms with Gasteiger partial charge in [-0.3, -0.25) is 9.36 Å². The van der Waals surface area contributed by atoms with E-state index >= 15 is 0 Å². The zero-order valence-corrected chi connectivity index (χ0v) is 17.3. The first-order chi connectivity index (χ1) is 10.8. The summed E-state index contributed by atoms with van der Waals surface area (Å²) in [6, 6.07) is 9.02. The Balaban J connectivity index is 2.79. The van der Waals surface area contributed by atoms with Gasteiger partial charge in [0.05, 0.1) is 12.2 Å². The van der Waals surface area contributed by atoms with Crippen LogP contribution >= 0.6 is 40.9 Å². The van der Waals surface area contributed by atoms with E-state index in [0.29, 0.717) is 5.56 Å². The van der Waals surface area contributed by atoms with Gasteiger partial charge in [-0.1, -0.05) is 41.1 Å². The van der Waals surface area contributed by atoms with Crippen molar-refractivity contribution in [3.8, 4) is 0 Å². The van der Waals surface area contributed by atoms with E-state index < -0.39 is 11.9 Å². The lowest BCUT2D eigenvalue weighted by Crippen LogP contribution is -2.13. The highest BCUT2D eigenvalue weighted by molar-refractivity contribution is 8.84. The van der Waals surface area contributed by atoms with E-state index in [1.54, 1.807) is 12.1 Å². The van der Waals surface area contributed by atoms with Crippen LogP contribution in [-0.2, 0) is 13.6 Å². The lowest BCUT2D eigenvalue weighted by atomic mass is 10.2. The molecular formula is C15H23O4PS3. The van der Waals surface area contributed by atoms with E-state index in [1.807, 2.05) is 52.1 Å². The molecular weight excluding hydrogens is 371 g/mol. The minimum Gasteiger partial charge on any atom is -0.304 e. The van der Waals surface area contributed by atoms with E-state index in [2.05, 4.69) is 0 Å². The number of hydrogen-bond acceptors (Lipinski definition) is 7. The van der Waals surface area contributed by atoms with Gasteiger partial charge in [-0.05, 0) is 44.7 Å². The topological polar surface area (TPSA) is 52.6 Å². The summed E-state index contributed by atoms with van der Waals surface area (Å²) in [4.78, 5) is 12.2. The van der Waals surface area contributed by atoms with Crippen LogP contribution in [-0.4, -0.2) is 27.9 Å². The Morgan fingerprint density at radius 1 is 1.04 bits per heavy atom. The molecule has 0 aliphatic rings. The summed E-state index contributed by atoms with van der Waals surface area (Å²) in [5.74, 6) is 0. The third kappa shape index (κ3) is 7.24. The van der Waals surface area contributed by atoms with Crippen molar-refractivity contribution in [1.29, 1.82) is 0 Å². The minimum absolute atomic E-state index is 0.0738. The molecule has 1 aromatic rings. The van der Waals surface area contributed by atoms with Crippen LogP contribution < -0.4 is 0 Å². The largest absolute Gasteiger partial charge is 0.354 e. The highest BCUT2D eigenvalue weighted by Crippen LogP contribution is 2.64. The third-order valence-electron chi connectivity index (χ3n) is 2.39. The van der Waals surface area contributed by atoms with Crippen LogP contribution in [0, 0.1) is 0 Å². The molecule has 0 aliphatic heterocycles. The number of hydrogen-bond donors (Lipinski definition) is 0. The first-order valence-electron chi connectivity index (χ1n) is 7.20. The molecule has 23 heavy (non-hydrogen) atoms. The second kappa shape index (κ2) is 10.2. The average Bonchev–Trinajstić information content (AvgIpc) is 2.46. The highest BCUT2D eigenvalue weighted by atomic mass is 33.1. The van der Waals surface area contributed by atoms with E-state index in [0.717, 1.165) is 10.8 Å². The van der Waals surface area contributed by atoms with E-state index in [-0.39, 0.29) is 17.3 Å². The molecule has 0 radical (unpaired) electrons. The molecule has 1 atom stereocenters. The molecule has 130 valence electrons. The molecule has 0 heterocycles. The summed E-state index contributed by atoms with van der Waals surface area (Å²) < 4.78 is 23.8. The van der Waals surface area contributed by atoms with Crippen molar-refractivity contribution < 1.29 is 18.4 Å². The molecule has 8 heteroatoms. The lowest BCUT2D eigenvalue weighted by Gasteiger charge is -2.27. The molecule has 0 fully saturated rings. The maximum absolute atomic E-state index is 13.1. The molecule has 1 rings (SSSR count). The van der Waals surface area contributed by atoms with E-state index in [9.17, 15) is 9.36 Å². The Kier molecular flexibility index (Phi) is 9.34. The first-order valence-corrected chi connectivity index (χ1v) is 12.3. The number of benzene rings is 1. The van der Waals surface area contributed by atoms with Gasteiger partial charge in [0.25, 0.3) is 0 Å². The second-order valence-electron chi connectivity index (χ2n) is 5.22. The molecule has 4 nitrogen and oxygen atoms in total. The molecule has 0 N–H and O–H groups in total. The molecule has 0 aliphatic carbocycles. The van der Waals surface area contributed by atoms with E-state index in [1.165, 1.54) is 22.6 Å². The molecule has 0 spiro atoms. The lowest BCUT2D eigenvalue weighted by molar-refractivity contribution is 0.109. The zero-order chi connectivity index (χ0) is 17.5. The van der Waals surface area contributed by atoms with Crippen molar-refractivity contribution in [1.82, 2.24) is 0 Å². The van der Waals surface area contributed by atoms with E-state index in [4.69, 9.17) is 9.05 Å².